The van der Waals surface area contributed by atoms with Crippen molar-refractivity contribution >= 4 is 21.9 Å². The second kappa shape index (κ2) is 6.30. The summed E-state index contributed by atoms with van der Waals surface area (Å²) in [4.78, 5) is 21.7. The number of ether oxygens (including phenoxy) is 1. The van der Waals surface area contributed by atoms with Crippen molar-refractivity contribution in [3.8, 4) is 0 Å². The zero-order valence-electron chi connectivity index (χ0n) is 10.3. The van der Waals surface area contributed by atoms with Crippen molar-refractivity contribution < 1.29 is 22.7 Å². The summed E-state index contributed by atoms with van der Waals surface area (Å²) >= 11 is 0. The number of rotatable bonds is 6. The van der Waals surface area contributed by atoms with Crippen LogP contribution in [0.15, 0.2) is 24.3 Å². The molecule has 1 aromatic rings. The van der Waals surface area contributed by atoms with E-state index in [1.54, 1.807) is 0 Å². The van der Waals surface area contributed by atoms with Crippen molar-refractivity contribution in [3.05, 3.63) is 35.4 Å². The third-order valence-corrected chi connectivity index (χ3v) is 3.50. The predicted molar refractivity (Wildman–Crippen MR) is 67.6 cm³/mol. The Morgan fingerprint density at radius 3 is 2.32 bits per heavy atom. The number of benzene rings is 1. The largest absolute Gasteiger partial charge is 0.465 e. The van der Waals surface area contributed by atoms with E-state index in [4.69, 9.17) is 5.73 Å². The first kappa shape index (κ1) is 15.1. The van der Waals surface area contributed by atoms with E-state index in [0.29, 0.717) is 11.1 Å². The fourth-order valence-corrected chi connectivity index (χ4v) is 2.40. The molecule has 3 N–H and O–H groups in total. The lowest BCUT2D eigenvalue weighted by Gasteiger charge is -2.05. The first-order chi connectivity index (χ1) is 8.84. The molecule has 0 atom stereocenters. The predicted octanol–water partition coefficient (Wildman–Crippen LogP) is -0.622. The van der Waals surface area contributed by atoms with Crippen LogP contribution in [0.4, 0.5) is 0 Å². The third-order valence-electron chi connectivity index (χ3n) is 2.20. The Labute approximate surface area is 110 Å². The minimum Gasteiger partial charge on any atom is -0.465 e. The fraction of sp³-hybridized carbons (Fsp3) is 0.273. The van der Waals surface area contributed by atoms with E-state index in [1.165, 1.54) is 31.4 Å². The maximum absolute atomic E-state index is 11.6. The SMILES string of the molecule is COC(=O)c1ccc(CS(=O)(=O)NCC(N)=O)cc1. The van der Waals surface area contributed by atoms with Crippen LogP contribution in [0.1, 0.15) is 15.9 Å². The van der Waals surface area contributed by atoms with Crippen molar-refractivity contribution in [3.63, 3.8) is 0 Å². The molecule has 0 fully saturated rings. The average Bonchev–Trinajstić information content (AvgIpc) is 2.36. The van der Waals surface area contributed by atoms with E-state index in [1.807, 2.05) is 0 Å². The molecule has 0 aliphatic rings. The standard InChI is InChI=1S/C11H14N2O5S/c1-18-11(15)9-4-2-8(3-5-9)7-19(16,17)13-6-10(12)14/h2-5,13H,6-7H2,1H3,(H2,12,14). The van der Waals surface area contributed by atoms with Gasteiger partial charge in [-0.2, -0.15) is 0 Å². The van der Waals surface area contributed by atoms with Crippen molar-refractivity contribution in [2.45, 2.75) is 5.75 Å². The van der Waals surface area contributed by atoms with E-state index in [0.717, 1.165) is 0 Å². The highest BCUT2D eigenvalue weighted by molar-refractivity contribution is 7.88. The molecule has 104 valence electrons. The van der Waals surface area contributed by atoms with Gasteiger partial charge in [0.25, 0.3) is 0 Å². The molecule has 0 aliphatic carbocycles. The summed E-state index contributed by atoms with van der Waals surface area (Å²) in [6, 6.07) is 5.92. The molecule has 0 heterocycles. The normalized spacial score (nSPS) is 11.0. The van der Waals surface area contributed by atoms with Gasteiger partial charge < -0.3 is 10.5 Å². The Morgan fingerprint density at radius 1 is 1.26 bits per heavy atom. The number of sulfonamides is 1. The van der Waals surface area contributed by atoms with Crippen molar-refractivity contribution in [2.75, 3.05) is 13.7 Å². The number of primary amides is 1. The Balaban J connectivity index is 2.72. The lowest BCUT2D eigenvalue weighted by molar-refractivity contribution is -0.116. The van der Waals surface area contributed by atoms with Gasteiger partial charge in [0, 0.05) is 0 Å². The van der Waals surface area contributed by atoms with Crippen molar-refractivity contribution in [2.24, 2.45) is 5.73 Å². The highest BCUT2D eigenvalue weighted by Crippen LogP contribution is 2.08. The van der Waals surface area contributed by atoms with E-state index < -0.39 is 28.4 Å². The molecule has 1 aromatic carbocycles. The average molecular weight is 286 g/mol. The van der Waals surface area contributed by atoms with Crippen LogP contribution >= 0.6 is 0 Å². The molecule has 0 spiro atoms. The number of carbonyl (C=O) groups is 2. The summed E-state index contributed by atoms with van der Waals surface area (Å²) in [5, 5.41) is 0. The van der Waals surface area contributed by atoms with E-state index >= 15 is 0 Å². The smallest absolute Gasteiger partial charge is 0.337 e. The molecule has 7 nitrogen and oxygen atoms in total. The van der Waals surface area contributed by atoms with Crippen molar-refractivity contribution in [1.82, 2.24) is 4.72 Å². The summed E-state index contributed by atoms with van der Waals surface area (Å²) in [5.41, 5.74) is 5.65. The maximum atomic E-state index is 11.6. The van der Waals surface area contributed by atoms with Crippen LogP contribution in [-0.4, -0.2) is 33.9 Å². The van der Waals surface area contributed by atoms with Gasteiger partial charge >= 0.3 is 5.97 Å². The highest BCUT2D eigenvalue weighted by atomic mass is 32.2. The van der Waals surface area contributed by atoms with Crippen LogP contribution in [-0.2, 0) is 25.3 Å². The molecule has 19 heavy (non-hydrogen) atoms. The van der Waals surface area contributed by atoms with Gasteiger partial charge in [0.1, 0.15) is 0 Å². The summed E-state index contributed by atoms with van der Waals surface area (Å²) in [6.07, 6.45) is 0. The zero-order valence-corrected chi connectivity index (χ0v) is 11.1. The van der Waals surface area contributed by atoms with Crippen LogP contribution in [0.2, 0.25) is 0 Å². The Hall–Kier alpha value is -1.93. The molecule has 0 radical (unpaired) electrons. The number of nitrogens with two attached hydrogens (primary N) is 1. The molecule has 1 rings (SSSR count). The monoisotopic (exact) mass is 286 g/mol. The van der Waals surface area contributed by atoms with Gasteiger partial charge in [0.2, 0.25) is 15.9 Å². The fourth-order valence-electron chi connectivity index (χ4n) is 1.31. The minimum absolute atomic E-state index is 0.304. The molecule has 0 saturated heterocycles. The van der Waals surface area contributed by atoms with E-state index in [9.17, 15) is 18.0 Å². The molecular formula is C11H14N2O5S. The number of hydrogen-bond acceptors (Lipinski definition) is 5. The van der Waals surface area contributed by atoms with Crippen LogP contribution in [0, 0.1) is 0 Å². The first-order valence-corrected chi connectivity index (χ1v) is 6.92. The summed E-state index contributed by atoms with van der Waals surface area (Å²) in [6.45, 7) is -0.442. The van der Waals surface area contributed by atoms with Gasteiger partial charge in [-0.05, 0) is 17.7 Å². The van der Waals surface area contributed by atoms with Crippen molar-refractivity contribution in [1.29, 1.82) is 0 Å². The minimum atomic E-state index is -3.64. The maximum Gasteiger partial charge on any atom is 0.337 e. The quantitative estimate of drug-likeness (QED) is 0.676. The number of methoxy groups -OCH3 is 1. The zero-order chi connectivity index (χ0) is 14.5. The summed E-state index contributed by atoms with van der Waals surface area (Å²) in [7, 11) is -2.38. The number of esters is 1. The molecule has 0 unspecified atom stereocenters. The topological polar surface area (TPSA) is 116 Å². The molecule has 8 heteroatoms. The van der Waals surface area contributed by atoms with Gasteiger partial charge in [-0.15, -0.1) is 0 Å². The lowest BCUT2D eigenvalue weighted by Crippen LogP contribution is -2.34. The number of hydrogen-bond donors (Lipinski definition) is 2. The first-order valence-electron chi connectivity index (χ1n) is 5.27. The number of carbonyl (C=O) groups excluding carboxylic acids is 2. The Bertz CT molecular complexity index is 565. The number of amides is 1. The van der Waals surface area contributed by atoms with Crippen LogP contribution < -0.4 is 10.5 Å². The molecular weight excluding hydrogens is 272 g/mol. The molecule has 1 amide bonds. The molecule has 0 aliphatic heterocycles. The summed E-state index contributed by atoms with van der Waals surface area (Å²) < 4.78 is 29.7. The van der Waals surface area contributed by atoms with E-state index in [-0.39, 0.29) is 5.75 Å². The van der Waals surface area contributed by atoms with Crippen LogP contribution in [0.25, 0.3) is 0 Å². The van der Waals surface area contributed by atoms with Gasteiger partial charge in [0.15, 0.2) is 0 Å². The van der Waals surface area contributed by atoms with Crippen LogP contribution in [0.3, 0.4) is 0 Å². The molecule has 0 bridgehead atoms. The van der Waals surface area contributed by atoms with E-state index in [2.05, 4.69) is 9.46 Å². The number of nitrogens with one attached hydrogen (secondary N) is 1. The van der Waals surface area contributed by atoms with Gasteiger partial charge in [-0.25, -0.2) is 17.9 Å². The Kier molecular flexibility index (Phi) is 5.02. The second-order valence-corrected chi connectivity index (χ2v) is 5.54. The summed E-state index contributed by atoms with van der Waals surface area (Å²) in [5.74, 6) is -1.56. The van der Waals surface area contributed by atoms with Crippen LogP contribution in [0.5, 0.6) is 0 Å². The Morgan fingerprint density at radius 2 is 1.84 bits per heavy atom. The third kappa shape index (κ3) is 5.06. The van der Waals surface area contributed by atoms with Gasteiger partial charge in [0.05, 0.1) is 25.0 Å². The highest BCUT2D eigenvalue weighted by Gasteiger charge is 2.13. The molecule has 0 saturated carbocycles. The molecule has 0 aromatic heterocycles. The second-order valence-electron chi connectivity index (χ2n) is 3.74. The van der Waals surface area contributed by atoms with Gasteiger partial charge in [-0.3, -0.25) is 4.79 Å². The van der Waals surface area contributed by atoms with Gasteiger partial charge in [-0.1, -0.05) is 12.1 Å². The lowest BCUT2D eigenvalue weighted by atomic mass is 10.1.